The zero-order valence-electron chi connectivity index (χ0n) is 15.4. The van der Waals surface area contributed by atoms with Gasteiger partial charge in [-0.05, 0) is 23.8 Å². The Kier molecular flexibility index (Phi) is 6.30. The molecule has 0 saturated heterocycles. The number of phenols is 1. The van der Waals surface area contributed by atoms with Crippen LogP contribution in [0, 0.1) is 0 Å². The van der Waals surface area contributed by atoms with E-state index >= 15 is 0 Å². The third-order valence-electron chi connectivity index (χ3n) is 3.91. The van der Waals surface area contributed by atoms with Gasteiger partial charge in [0.25, 0.3) is 0 Å². The Bertz CT molecular complexity index is 799. The third-order valence-corrected chi connectivity index (χ3v) is 3.91. The smallest absolute Gasteiger partial charge is 0.201 e. The summed E-state index contributed by atoms with van der Waals surface area (Å²) >= 11 is 0. The van der Waals surface area contributed by atoms with Crippen molar-refractivity contribution in [2.24, 2.45) is 0 Å². The number of benzene rings is 2. The molecule has 7 heteroatoms. The lowest BCUT2D eigenvalue weighted by atomic mass is 9.95. The van der Waals surface area contributed by atoms with Gasteiger partial charge >= 0.3 is 0 Å². The molecule has 0 saturated carbocycles. The largest absolute Gasteiger partial charge is 0.502 e. The van der Waals surface area contributed by atoms with Crippen molar-refractivity contribution in [2.75, 3.05) is 35.5 Å². The zero-order chi connectivity index (χ0) is 19.3. The lowest BCUT2D eigenvalue weighted by Gasteiger charge is -2.18. The van der Waals surface area contributed by atoms with Gasteiger partial charge in [0.1, 0.15) is 11.5 Å². The van der Waals surface area contributed by atoms with E-state index in [0.29, 0.717) is 22.6 Å². The van der Waals surface area contributed by atoms with Crippen LogP contribution in [-0.4, -0.2) is 46.4 Å². The van der Waals surface area contributed by atoms with Crippen molar-refractivity contribution in [3.05, 3.63) is 41.0 Å². The van der Waals surface area contributed by atoms with E-state index in [0.717, 1.165) is 0 Å². The molecule has 7 nitrogen and oxygen atoms in total. The Hall–Kier alpha value is -2.93. The van der Waals surface area contributed by atoms with E-state index in [9.17, 15) is 9.90 Å². The number of hydrogen-bond acceptors (Lipinski definition) is 7. The van der Waals surface area contributed by atoms with Crippen LogP contribution in [0.4, 0.5) is 0 Å². The second-order valence-electron chi connectivity index (χ2n) is 5.32. The molecule has 0 aromatic heterocycles. The van der Waals surface area contributed by atoms with Gasteiger partial charge in [-0.25, -0.2) is 0 Å². The zero-order valence-corrected chi connectivity index (χ0v) is 15.4. The van der Waals surface area contributed by atoms with Gasteiger partial charge in [-0.15, -0.1) is 0 Å². The van der Waals surface area contributed by atoms with Crippen molar-refractivity contribution >= 4 is 5.78 Å². The Morgan fingerprint density at radius 3 is 2.15 bits per heavy atom. The highest BCUT2D eigenvalue weighted by Gasteiger charge is 2.27. The minimum Gasteiger partial charge on any atom is -0.502 e. The fraction of sp³-hybridized carbons (Fsp3) is 0.316. The number of ketones is 1. The normalized spacial score (nSPS) is 10.3. The summed E-state index contributed by atoms with van der Waals surface area (Å²) in [5.41, 5.74) is 0.992. The Morgan fingerprint density at radius 1 is 0.923 bits per heavy atom. The first kappa shape index (κ1) is 19.4. The molecule has 26 heavy (non-hydrogen) atoms. The number of rotatable bonds is 8. The molecule has 2 rings (SSSR count). The summed E-state index contributed by atoms with van der Waals surface area (Å²) in [6, 6.07) is 6.41. The van der Waals surface area contributed by atoms with Crippen LogP contribution in [0.3, 0.4) is 0 Å². The molecule has 0 aliphatic rings. The topological polar surface area (TPSA) is 83.5 Å². The Labute approximate surface area is 152 Å². The quantitative estimate of drug-likeness (QED) is 0.723. The first-order valence-electron chi connectivity index (χ1n) is 7.74. The van der Waals surface area contributed by atoms with Crippen LogP contribution in [-0.2, 0) is 11.3 Å². The van der Waals surface area contributed by atoms with Gasteiger partial charge in [-0.2, -0.15) is 0 Å². The van der Waals surface area contributed by atoms with Crippen molar-refractivity contribution < 1.29 is 33.6 Å². The van der Waals surface area contributed by atoms with E-state index in [1.807, 2.05) is 0 Å². The second kappa shape index (κ2) is 8.44. The Morgan fingerprint density at radius 2 is 1.62 bits per heavy atom. The van der Waals surface area contributed by atoms with Gasteiger partial charge in [-0.3, -0.25) is 4.79 Å². The van der Waals surface area contributed by atoms with Crippen molar-refractivity contribution in [1.29, 1.82) is 0 Å². The molecule has 0 atom stereocenters. The number of carbonyl (C=O) groups excluding carboxylic acids is 1. The summed E-state index contributed by atoms with van der Waals surface area (Å²) in [6.45, 7) is 0.131. The molecule has 0 aliphatic carbocycles. The van der Waals surface area contributed by atoms with Crippen LogP contribution in [0.2, 0.25) is 0 Å². The summed E-state index contributed by atoms with van der Waals surface area (Å²) in [4.78, 5) is 13.2. The van der Waals surface area contributed by atoms with Crippen LogP contribution < -0.4 is 18.9 Å². The standard InChI is InChI=1S/C19H22O7/c1-22-10-11-8-15(25-4)18(21)19(26-5)16(11)17(20)13-7-6-12(23-2)9-14(13)24-3/h6-9,21H,10H2,1-5H3. The van der Waals surface area contributed by atoms with Crippen molar-refractivity contribution in [1.82, 2.24) is 0 Å². The predicted molar refractivity (Wildman–Crippen MR) is 94.9 cm³/mol. The van der Waals surface area contributed by atoms with E-state index < -0.39 is 0 Å². The summed E-state index contributed by atoms with van der Waals surface area (Å²) < 4.78 is 26.1. The molecule has 140 valence electrons. The van der Waals surface area contributed by atoms with Crippen molar-refractivity contribution in [3.8, 4) is 28.7 Å². The van der Waals surface area contributed by atoms with Gasteiger partial charge in [0.05, 0.1) is 46.2 Å². The van der Waals surface area contributed by atoms with Crippen molar-refractivity contribution in [2.45, 2.75) is 6.61 Å². The maximum Gasteiger partial charge on any atom is 0.201 e. The highest BCUT2D eigenvalue weighted by atomic mass is 16.5. The fourth-order valence-corrected chi connectivity index (χ4v) is 2.67. The Balaban J connectivity index is 2.70. The molecular weight excluding hydrogens is 340 g/mol. The molecule has 0 bridgehead atoms. The minimum absolute atomic E-state index is 0.0132. The molecule has 0 unspecified atom stereocenters. The fourth-order valence-electron chi connectivity index (χ4n) is 2.67. The van der Waals surface area contributed by atoms with Crippen LogP contribution in [0.25, 0.3) is 0 Å². The highest BCUT2D eigenvalue weighted by Crippen LogP contribution is 2.43. The monoisotopic (exact) mass is 362 g/mol. The molecule has 0 amide bonds. The molecule has 0 radical (unpaired) electrons. The van der Waals surface area contributed by atoms with Crippen molar-refractivity contribution in [3.63, 3.8) is 0 Å². The molecule has 0 heterocycles. The lowest BCUT2D eigenvalue weighted by molar-refractivity contribution is 0.102. The SMILES string of the molecule is COCc1cc(OC)c(O)c(OC)c1C(=O)c1ccc(OC)cc1OC. The number of hydrogen-bond donors (Lipinski definition) is 1. The number of aromatic hydroxyl groups is 1. The summed E-state index contributed by atoms with van der Waals surface area (Å²) in [6.07, 6.45) is 0. The number of carbonyl (C=O) groups is 1. The summed E-state index contributed by atoms with van der Waals surface area (Å²) in [5.74, 6) is 0.457. The molecule has 0 spiro atoms. The van der Waals surface area contributed by atoms with Crippen LogP contribution >= 0.6 is 0 Å². The molecule has 0 fully saturated rings. The van der Waals surface area contributed by atoms with E-state index in [1.54, 1.807) is 24.3 Å². The molecule has 1 N–H and O–H groups in total. The van der Waals surface area contributed by atoms with Crippen LogP contribution in [0.5, 0.6) is 28.7 Å². The average molecular weight is 362 g/mol. The average Bonchev–Trinajstić information content (AvgIpc) is 2.67. The van der Waals surface area contributed by atoms with E-state index in [1.165, 1.54) is 35.5 Å². The third kappa shape index (κ3) is 3.52. The van der Waals surface area contributed by atoms with E-state index in [4.69, 9.17) is 23.7 Å². The second-order valence-corrected chi connectivity index (χ2v) is 5.32. The molecule has 0 aliphatic heterocycles. The predicted octanol–water partition coefficient (Wildman–Crippen LogP) is 2.80. The minimum atomic E-state index is -0.383. The van der Waals surface area contributed by atoms with Gasteiger partial charge in [0.15, 0.2) is 11.5 Å². The molecule has 2 aromatic rings. The maximum absolute atomic E-state index is 13.2. The van der Waals surface area contributed by atoms with Crippen LogP contribution in [0.1, 0.15) is 21.5 Å². The van der Waals surface area contributed by atoms with Gasteiger partial charge in [0, 0.05) is 13.2 Å². The number of ether oxygens (including phenoxy) is 5. The molecule has 2 aromatic carbocycles. The number of phenolic OH excluding ortho intramolecular Hbond substituents is 1. The lowest BCUT2D eigenvalue weighted by Crippen LogP contribution is -2.11. The van der Waals surface area contributed by atoms with Gasteiger partial charge in [0.2, 0.25) is 11.5 Å². The summed E-state index contributed by atoms with van der Waals surface area (Å²) in [5, 5.41) is 10.4. The van der Waals surface area contributed by atoms with E-state index in [-0.39, 0.29) is 35.2 Å². The van der Waals surface area contributed by atoms with Gasteiger partial charge in [-0.1, -0.05) is 0 Å². The molecular formula is C19H22O7. The van der Waals surface area contributed by atoms with Gasteiger partial charge < -0.3 is 28.8 Å². The first-order valence-corrected chi connectivity index (χ1v) is 7.74. The van der Waals surface area contributed by atoms with Crippen LogP contribution in [0.15, 0.2) is 24.3 Å². The van der Waals surface area contributed by atoms with E-state index in [2.05, 4.69) is 0 Å². The summed E-state index contributed by atoms with van der Waals surface area (Å²) in [7, 11) is 7.28. The highest BCUT2D eigenvalue weighted by molar-refractivity contribution is 6.14. The number of methoxy groups -OCH3 is 5. The first-order chi connectivity index (χ1) is 12.5. The maximum atomic E-state index is 13.2.